The van der Waals surface area contributed by atoms with E-state index in [9.17, 15) is 4.91 Å². The molecule has 0 aliphatic carbocycles. The van der Waals surface area contributed by atoms with Gasteiger partial charge in [-0.2, -0.15) is 0 Å². The van der Waals surface area contributed by atoms with E-state index in [1.165, 1.54) is 32.6 Å². The van der Waals surface area contributed by atoms with Crippen molar-refractivity contribution in [3.8, 4) is 11.1 Å². The molecule has 3 nitrogen and oxygen atoms in total. The summed E-state index contributed by atoms with van der Waals surface area (Å²) in [5, 5.41) is 8.14. The molecular weight excluding hydrogens is 332 g/mol. The predicted octanol–water partition coefficient (Wildman–Crippen LogP) is 6.90. The maximum Gasteiger partial charge on any atom is 0.115 e. The molecule has 2 heterocycles. The van der Waals surface area contributed by atoms with Crippen LogP contribution in [0.25, 0.3) is 49.2 Å². The van der Waals surface area contributed by atoms with E-state index in [-0.39, 0.29) is 0 Å². The number of nitrogens with zero attached hydrogens (tertiary/aromatic N) is 2. The molecule has 3 heteroatoms. The summed E-state index contributed by atoms with van der Waals surface area (Å²) in [5.41, 5.74) is 5.98. The van der Waals surface area contributed by atoms with Crippen molar-refractivity contribution in [1.82, 2.24) is 4.40 Å². The van der Waals surface area contributed by atoms with Crippen LogP contribution in [-0.2, 0) is 0 Å². The van der Waals surface area contributed by atoms with E-state index in [0.29, 0.717) is 5.69 Å². The van der Waals surface area contributed by atoms with Crippen LogP contribution < -0.4 is 0 Å². The molecule has 6 rings (SSSR count). The molecule has 2 aromatic heterocycles. The Kier molecular flexibility index (Phi) is 2.75. The average Bonchev–Trinajstić information content (AvgIpc) is 3.26. The zero-order valence-electron chi connectivity index (χ0n) is 14.4. The van der Waals surface area contributed by atoms with Crippen molar-refractivity contribution < 1.29 is 0 Å². The molecule has 0 bridgehead atoms. The van der Waals surface area contributed by atoms with Gasteiger partial charge in [0.15, 0.2) is 0 Å². The van der Waals surface area contributed by atoms with Gasteiger partial charge in [-0.05, 0) is 28.9 Å². The third-order valence-corrected chi connectivity index (χ3v) is 5.54. The van der Waals surface area contributed by atoms with Crippen LogP contribution in [0.5, 0.6) is 0 Å². The van der Waals surface area contributed by atoms with Gasteiger partial charge in [0.05, 0.1) is 16.6 Å². The van der Waals surface area contributed by atoms with Gasteiger partial charge in [-0.1, -0.05) is 66.7 Å². The highest BCUT2D eigenvalue weighted by Gasteiger charge is 2.19. The van der Waals surface area contributed by atoms with E-state index >= 15 is 0 Å². The van der Waals surface area contributed by atoms with Crippen molar-refractivity contribution >= 4 is 43.8 Å². The molecular formula is C24H14N2O. The lowest BCUT2D eigenvalue weighted by Crippen LogP contribution is -1.83. The summed E-state index contributed by atoms with van der Waals surface area (Å²) in [5.74, 6) is 0. The molecule has 4 aromatic carbocycles. The molecule has 126 valence electrons. The fourth-order valence-corrected chi connectivity index (χ4v) is 4.49. The standard InChI is InChI=1S/C24H14N2O/c27-25-20-12-3-1-7-15(20)17-9-6-14-22-23(17)19-11-5-10-18-16-8-2-4-13-21(16)26(22)24(18)19/h1-14H. The van der Waals surface area contributed by atoms with E-state index in [1.807, 2.05) is 18.2 Å². The van der Waals surface area contributed by atoms with Gasteiger partial charge >= 0.3 is 0 Å². The highest BCUT2D eigenvalue weighted by molar-refractivity contribution is 6.26. The van der Waals surface area contributed by atoms with Crippen LogP contribution in [0.4, 0.5) is 5.69 Å². The number of benzene rings is 4. The topological polar surface area (TPSA) is 33.8 Å². The Labute approximate surface area is 154 Å². The molecule has 0 spiro atoms. The highest BCUT2D eigenvalue weighted by Crippen LogP contribution is 2.43. The number of hydrogen-bond acceptors (Lipinski definition) is 2. The van der Waals surface area contributed by atoms with Crippen LogP contribution in [0.1, 0.15) is 0 Å². The lowest BCUT2D eigenvalue weighted by molar-refractivity contribution is 1.37. The quantitative estimate of drug-likeness (QED) is 0.314. The Bertz CT molecular complexity index is 1490. The summed E-state index contributed by atoms with van der Waals surface area (Å²) in [6.45, 7) is 0. The molecule has 6 aromatic rings. The van der Waals surface area contributed by atoms with Crippen LogP contribution in [0.15, 0.2) is 90.1 Å². The van der Waals surface area contributed by atoms with Gasteiger partial charge in [-0.3, -0.25) is 0 Å². The molecule has 0 aliphatic rings. The molecule has 0 amide bonds. The molecule has 0 fully saturated rings. The van der Waals surface area contributed by atoms with Crippen molar-refractivity contribution in [2.24, 2.45) is 5.18 Å². The van der Waals surface area contributed by atoms with Gasteiger partial charge in [0.2, 0.25) is 0 Å². The molecule has 27 heavy (non-hydrogen) atoms. The molecule has 0 saturated carbocycles. The van der Waals surface area contributed by atoms with E-state index < -0.39 is 0 Å². The summed E-state index contributed by atoms with van der Waals surface area (Å²) in [6.07, 6.45) is 0. The Hall–Kier alpha value is -3.72. The monoisotopic (exact) mass is 346 g/mol. The number of para-hydroxylation sites is 2. The zero-order chi connectivity index (χ0) is 18.0. The number of nitroso groups, excluding NO2 is 1. The maximum absolute atomic E-state index is 11.4. The second kappa shape index (κ2) is 5.15. The van der Waals surface area contributed by atoms with E-state index in [4.69, 9.17) is 0 Å². The van der Waals surface area contributed by atoms with Crippen LogP contribution in [0.2, 0.25) is 0 Å². The Morgan fingerprint density at radius 1 is 0.593 bits per heavy atom. The second-order valence-electron chi connectivity index (χ2n) is 6.86. The highest BCUT2D eigenvalue weighted by atomic mass is 16.3. The summed E-state index contributed by atoms with van der Waals surface area (Å²) in [7, 11) is 0. The van der Waals surface area contributed by atoms with Gasteiger partial charge in [-0.25, -0.2) is 0 Å². The summed E-state index contributed by atoms with van der Waals surface area (Å²) >= 11 is 0. The minimum absolute atomic E-state index is 0.472. The first-order valence-corrected chi connectivity index (χ1v) is 8.97. The SMILES string of the molecule is O=Nc1ccccc1-c1cccc2c1c1cccc3c4ccccc4n2c31. The van der Waals surface area contributed by atoms with Crippen LogP contribution >= 0.6 is 0 Å². The number of hydrogen-bond donors (Lipinski definition) is 0. The van der Waals surface area contributed by atoms with Gasteiger partial charge in [0, 0.05) is 27.1 Å². The van der Waals surface area contributed by atoms with Crippen molar-refractivity contribution in [3.63, 3.8) is 0 Å². The summed E-state index contributed by atoms with van der Waals surface area (Å²) in [4.78, 5) is 11.4. The number of aromatic nitrogens is 1. The van der Waals surface area contributed by atoms with Crippen molar-refractivity contribution in [2.45, 2.75) is 0 Å². The van der Waals surface area contributed by atoms with E-state index in [1.54, 1.807) is 6.07 Å². The van der Waals surface area contributed by atoms with Gasteiger partial charge in [-0.15, -0.1) is 4.91 Å². The van der Waals surface area contributed by atoms with Gasteiger partial charge < -0.3 is 4.40 Å². The molecule has 0 aliphatic heterocycles. The maximum atomic E-state index is 11.4. The predicted molar refractivity (Wildman–Crippen MR) is 112 cm³/mol. The Balaban J connectivity index is 1.90. The minimum Gasteiger partial charge on any atom is -0.308 e. The van der Waals surface area contributed by atoms with Gasteiger partial charge in [0.1, 0.15) is 5.69 Å². The fourth-order valence-electron chi connectivity index (χ4n) is 4.49. The van der Waals surface area contributed by atoms with Crippen LogP contribution in [-0.4, -0.2) is 4.40 Å². The van der Waals surface area contributed by atoms with E-state index in [2.05, 4.69) is 70.2 Å². The normalized spacial score (nSPS) is 11.9. The van der Waals surface area contributed by atoms with Crippen LogP contribution in [0.3, 0.4) is 0 Å². The second-order valence-corrected chi connectivity index (χ2v) is 6.86. The summed E-state index contributed by atoms with van der Waals surface area (Å²) in [6, 6.07) is 28.8. The smallest absolute Gasteiger partial charge is 0.115 e. The van der Waals surface area contributed by atoms with Crippen molar-refractivity contribution in [3.05, 3.63) is 89.8 Å². The molecule has 0 N–H and O–H groups in total. The third-order valence-electron chi connectivity index (χ3n) is 5.54. The number of fused-ring (bicyclic) bond motifs is 6. The molecule has 0 unspecified atom stereocenters. The minimum atomic E-state index is 0.472. The lowest BCUT2D eigenvalue weighted by atomic mass is 9.97. The van der Waals surface area contributed by atoms with Gasteiger partial charge in [0.25, 0.3) is 0 Å². The molecule has 0 saturated heterocycles. The fraction of sp³-hybridized carbons (Fsp3) is 0. The largest absolute Gasteiger partial charge is 0.308 e. The first-order chi connectivity index (χ1) is 13.4. The average molecular weight is 346 g/mol. The zero-order valence-corrected chi connectivity index (χ0v) is 14.4. The van der Waals surface area contributed by atoms with E-state index in [0.717, 1.165) is 16.6 Å². The van der Waals surface area contributed by atoms with Crippen molar-refractivity contribution in [1.29, 1.82) is 0 Å². The first-order valence-electron chi connectivity index (χ1n) is 8.97. The first kappa shape index (κ1) is 14.4. The van der Waals surface area contributed by atoms with Crippen LogP contribution in [0, 0.1) is 4.91 Å². The molecule has 0 atom stereocenters. The lowest BCUT2D eigenvalue weighted by Gasteiger charge is -2.07. The third kappa shape index (κ3) is 1.75. The van der Waals surface area contributed by atoms with Crippen molar-refractivity contribution in [2.75, 3.05) is 0 Å². The molecule has 0 radical (unpaired) electrons. The summed E-state index contributed by atoms with van der Waals surface area (Å²) < 4.78 is 2.34. The number of rotatable bonds is 2. The Morgan fingerprint density at radius 2 is 1.26 bits per heavy atom. The Morgan fingerprint density at radius 3 is 2.19 bits per heavy atom.